The molecule has 5 atom stereocenters. The Kier molecular flexibility index (Phi) is 14.4. The maximum absolute atomic E-state index is 12.3. The Balaban J connectivity index is 2.28. The van der Waals surface area contributed by atoms with Gasteiger partial charge in [-0.25, -0.2) is 0 Å². The van der Waals surface area contributed by atoms with Gasteiger partial charge in [-0.15, -0.1) is 12.6 Å². The minimum absolute atomic E-state index is 0.0933. The fraction of sp³-hybridized carbons (Fsp3) is 0.952. The Labute approximate surface area is 197 Å². The first-order valence-electron chi connectivity index (χ1n) is 11.8. The van der Waals surface area contributed by atoms with Crippen LogP contribution in [0.25, 0.3) is 0 Å². The van der Waals surface area contributed by atoms with E-state index < -0.39 is 41.4 Å². The number of nitrogens with one attached hydrogen (secondary N) is 3. The zero-order valence-corrected chi connectivity index (χ0v) is 20.2. The van der Waals surface area contributed by atoms with E-state index in [0.29, 0.717) is 6.54 Å². The van der Waals surface area contributed by atoms with E-state index in [1.807, 2.05) is 0 Å². The van der Waals surface area contributed by atoms with Crippen molar-refractivity contribution in [1.29, 1.82) is 0 Å². The van der Waals surface area contributed by atoms with Gasteiger partial charge in [-0.05, 0) is 71.4 Å². The minimum Gasteiger partial charge on any atom is -0.394 e. The van der Waals surface area contributed by atoms with Crippen molar-refractivity contribution in [2.45, 2.75) is 80.8 Å². The lowest BCUT2D eigenvalue weighted by Gasteiger charge is -2.51. The van der Waals surface area contributed by atoms with Gasteiger partial charge in [-0.2, -0.15) is 0 Å². The molecule has 11 heteroatoms. The number of ketones is 1. The Hall–Kier alpha value is -0.340. The number of nitrogens with two attached hydrogens (primary N) is 1. The molecule has 1 fully saturated rings. The van der Waals surface area contributed by atoms with Crippen LogP contribution in [0.1, 0.15) is 51.9 Å². The first-order valence-corrected chi connectivity index (χ1v) is 12.2. The standard InChI is InChI=1S/C21H44N4O6S/c1-2-17(27)20(30)18(28)16(15-26)31-21(32,19(20)29)25-14-6-3-5-10-23-12-8-13-24-11-7-4-9-22/h16,18-19,23-26,28-30,32H,2-15,22H2,1H3/t16-,18-,19+,20+,21?/m1/s1. The molecule has 0 bridgehead atoms. The van der Waals surface area contributed by atoms with Crippen molar-refractivity contribution < 1.29 is 30.0 Å². The highest BCUT2D eigenvalue weighted by Gasteiger charge is 2.63. The number of Topliss-reactive ketones (excluding diaryl/α,β-unsaturated/α-hetero) is 1. The van der Waals surface area contributed by atoms with E-state index in [0.717, 1.165) is 71.2 Å². The summed E-state index contributed by atoms with van der Waals surface area (Å²) in [5, 5.41) is 49.2. The summed E-state index contributed by atoms with van der Waals surface area (Å²) in [7, 11) is 0. The van der Waals surface area contributed by atoms with Gasteiger partial charge in [0.25, 0.3) is 0 Å². The molecule has 0 saturated carbocycles. The number of unbranched alkanes of at least 4 members (excludes halogenated alkanes) is 3. The third-order valence-corrected chi connectivity index (χ3v) is 6.30. The molecule has 1 heterocycles. The molecule has 0 aromatic heterocycles. The topological polar surface area (TPSA) is 169 Å². The molecule has 32 heavy (non-hydrogen) atoms. The maximum atomic E-state index is 12.3. The summed E-state index contributed by atoms with van der Waals surface area (Å²) in [6.45, 7) is 5.91. The first kappa shape index (κ1) is 29.7. The zero-order chi connectivity index (χ0) is 24.0. The largest absolute Gasteiger partial charge is 0.394 e. The van der Waals surface area contributed by atoms with E-state index in [-0.39, 0.29) is 6.42 Å². The second-order valence-electron chi connectivity index (χ2n) is 8.32. The lowest BCUT2D eigenvalue weighted by Crippen LogP contribution is -2.76. The Morgan fingerprint density at radius 3 is 2.12 bits per heavy atom. The van der Waals surface area contributed by atoms with E-state index in [9.17, 15) is 25.2 Å². The molecule has 0 amide bonds. The molecule has 9 N–H and O–H groups in total. The molecule has 0 aromatic rings. The number of hydrogen-bond acceptors (Lipinski definition) is 11. The fourth-order valence-electron chi connectivity index (χ4n) is 3.78. The molecule has 0 aromatic carbocycles. The van der Waals surface area contributed by atoms with Crippen molar-refractivity contribution >= 4 is 18.4 Å². The summed E-state index contributed by atoms with van der Waals surface area (Å²) in [6, 6.07) is 0. The number of carbonyl (C=O) groups is 1. The van der Waals surface area contributed by atoms with E-state index >= 15 is 0 Å². The van der Waals surface area contributed by atoms with Gasteiger partial charge in [0, 0.05) is 6.42 Å². The molecule has 190 valence electrons. The lowest BCUT2D eigenvalue weighted by atomic mass is 9.79. The molecule has 1 rings (SSSR count). The van der Waals surface area contributed by atoms with Crippen LogP contribution in [0.3, 0.4) is 0 Å². The van der Waals surface area contributed by atoms with Crippen LogP contribution in [0, 0.1) is 0 Å². The van der Waals surface area contributed by atoms with Gasteiger partial charge in [0.05, 0.1) is 6.61 Å². The first-order chi connectivity index (χ1) is 15.3. The Morgan fingerprint density at radius 1 is 1.00 bits per heavy atom. The van der Waals surface area contributed by atoms with Crippen LogP contribution in [-0.4, -0.2) is 101 Å². The van der Waals surface area contributed by atoms with Gasteiger partial charge in [-0.1, -0.05) is 13.3 Å². The quantitative estimate of drug-likeness (QED) is 0.0637. The molecular formula is C21H44N4O6S. The molecule has 10 nitrogen and oxygen atoms in total. The summed E-state index contributed by atoms with van der Waals surface area (Å²) in [5.74, 6) is -0.740. The average Bonchev–Trinajstić information content (AvgIpc) is 2.79. The SMILES string of the molecule is CCC(=O)[C@]1(O)[C@H](O)[C@@H](CO)OC(S)(NCCCCCNCCCNCCCCN)[C@H]1O. The predicted molar refractivity (Wildman–Crippen MR) is 126 cm³/mol. The number of carbonyl (C=O) groups excluding carboxylic acids is 1. The summed E-state index contributed by atoms with van der Waals surface area (Å²) in [5.41, 5.74) is 2.98. The summed E-state index contributed by atoms with van der Waals surface area (Å²) < 4.78 is 5.52. The van der Waals surface area contributed by atoms with E-state index in [1.165, 1.54) is 6.92 Å². The highest BCUT2D eigenvalue weighted by molar-refractivity contribution is 7.81. The highest BCUT2D eigenvalue weighted by Crippen LogP contribution is 2.38. The monoisotopic (exact) mass is 480 g/mol. The van der Waals surface area contributed by atoms with Gasteiger partial charge in [0.1, 0.15) is 18.3 Å². The van der Waals surface area contributed by atoms with Gasteiger partial charge < -0.3 is 41.5 Å². The van der Waals surface area contributed by atoms with Crippen LogP contribution >= 0.6 is 12.6 Å². The van der Waals surface area contributed by atoms with Crippen LogP contribution in [0.4, 0.5) is 0 Å². The van der Waals surface area contributed by atoms with Gasteiger partial charge in [-0.3, -0.25) is 10.1 Å². The van der Waals surface area contributed by atoms with Gasteiger partial charge >= 0.3 is 0 Å². The van der Waals surface area contributed by atoms with Gasteiger partial charge in [0.2, 0.25) is 0 Å². The molecule has 1 aliphatic rings. The van der Waals surface area contributed by atoms with Crippen molar-refractivity contribution in [3.05, 3.63) is 0 Å². The van der Waals surface area contributed by atoms with E-state index in [4.69, 9.17) is 10.5 Å². The van der Waals surface area contributed by atoms with Crippen molar-refractivity contribution in [3.8, 4) is 0 Å². The molecule has 0 radical (unpaired) electrons. The molecule has 1 aliphatic heterocycles. The van der Waals surface area contributed by atoms with Crippen LogP contribution < -0.4 is 21.7 Å². The summed E-state index contributed by atoms with van der Waals surface area (Å²) >= 11 is 4.32. The number of rotatable bonds is 18. The van der Waals surface area contributed by atoms with Crippen molar-refractivity contribution in [2.24, 2.45) is 5.73 Å². The second kappa shape index (κ2) is 15.5. The number of aliphatic hydroxyl groups excluding tert-OH is 3. The number of aliphatic hydroxyl groups is 4. The van der Waals surface area contributed by atoms with E-state index in [1.54, 1.807) is 0 Å². The normalized spacial score (nSPS) is 30.5. The van der Waals surface area contributed by atoms with E-state index in [2.05, 4.69) is 28.6 Å². The Morgan fingerprint density at radius 2 is 1.56 bits per heavy atom. The summed E-state index contributed by atoms with van der Waals surface area (Å²) in [4.78, 5) is 12.3. The number of hydrogen-bond donors (Lipinski definition) is 9. The van der Waals surface area contributed by atoms with Crippen LogP contribution in [0.15, 0.2) is 0 Å². The summed E-state index contributed by atoms with van der Waals surface area (Å²) in [6.07, 6.45) is 0.968. The Bertz CT molecular complexity index is 535. The number of thiol groups is 1. The highest BCUT2D eigenvalue weighted by atomic mass is 32.1. The molecular weight excluding hydrogens is 436 g/mol. The third-order valence-electron chi connectivity index (χ3n) is 5.79. The van der Waals surface area contributed by atoms with Crippen LogP contribution in [0.2, 0.25) is 0 Å². The molecule has 0 spiro atoms. The second-order valence-corrected chi connectivity index (χ2v) is 8.99. The van der Waals surface area contributed by atoms with Crippen molar-refractivity contribution in [3.63, 3.8) is 0 Å². The molecule has 1 unspecified atom stereocenters. The molecule has 0 aliphatic carbocycles. The van der Waals surface area contributed by atoms with Crippen LogP contribution in [-0.2, 0) is 9.53 Å². The molecule has 1 saturated heterocycles. The lowest BCUT2D eigenvalue weighted by molar-refractivity contribution is -0.281. The average molecular weight is 481 g/mol. The van der Waals surface area contributed by atoms with Gasteiger partial charge in [0.15, 0.2) is 16.4 Å². The third kappa shape index (κ3) is 8.46. The zero-order valence-electron chi connectivity index (χ0n) is 19.3. The van der Waals surface area contributed by atoms with Crippen LogP contribution in [0.5, 0.6) is 0 Å². The predicted octanol–water partition coefficient (Wildman–Crippen LogP) is -1.54. The fourth-order valence-corrected chi connectivity index (χ4v) is 4.23. The number of ether oxygens (including phenoxy) is 1. The maximum Gasteiger partial charge on any atom is 0.194 e. The van der Waals surface area contributed by atoms with Crippen molar-refractivity contribution in [1.82, 2.24) is 16.0 Å². The smallest absolute Gasteiger partial charge is 0.194 e. The minimum atomic E-state index is -2.47. The van der Waals surface area contributed by atoms with Crippen molar-refractivity contribution in [2.75, 3.05) is 45.9 Å².